The van der Waals surface area contributed by atoms with Crippen LogP contribution in [0.2, 0.25) is 0 Å². The molecule has 2 aromatic heterocycles. The minimum atomic E-state index is -0.519. The van der Waals surface area contributed by atoms with Crippen LogP contribution in [0.25, 0.3) is 16.6 Å². The van der Waals surface area contributed by atoms with Crippen LogP contribution >= 0.6 is 11.8 Å². The number of rotatable bonds is 6. The molecule has 0 bridgehead atoms. The molecular formula is C20H16N4O3S. The maximum Gasteiger partial charge on any atom is 0.297 e. The Morgan fingerprint density at radius 3 is 2.82 bits per heavy atom. The molecule has 4 rings (SSSR count). The first-order valence-corrected chi connectivity index (χ1v) is 9.62. The lowest BCUT2D eigenvalue weighted by Gasteiger charge is -2.07. The van der Waals surface area contributed by atoms with Gasteiger partial charge in [-0.15, -0.1) is 0 Å². The number of aromatic nitrogens is 3. The Morgan fingerprint density at radius 1 is 1.11 bits per heavy atom. The highest BCUT2D eigenvalue weighted by Gasteiger charge is 2.21. The third kappa shape index (κ3) is 3.81. The fourth-order valence-corrected chi connectivity index (χ4v) is 3.66. The number of para-hydroxylation sites is 1. The fourth-order valence-electron chi connectivity index (χ4n) is 2.76. The van der Waals surface area contributed by atoms with Crippen LogP contribution in [0.15, 0.2) is 76.4 Å². The predicted octanol–water partition coefficient (Wildman–Crippen LogP) is 2.69. The Balaban J connectivity index is 1.41. The summed E-state index contributed by atoms with van der Waals surface area (Å²) in [6.07, 6.45) is 1.95. The van der Waals surface area contributed by atoms with Crippen LogP contribution in [-0.2, 0) is 4.79 Å². The first kappa shape index (κ1) is 18.0. The van der Waals surface area contributed by atoms with Crippen molar-refractivity contribution in [2.45, 2.75) is 11.4 Å². The molecule has 0 fully saturated rings. The van der Waals surface area contributed by atoms with E-state index < -0.39 is 5.95 Å². The van der Waals surface area contributed by atoms with Crippen molar-refractivity contribution >= 4 is 34.3 Å². The van der Waals surface area contributed by atoms with E-state index in [0.717, 1.165) is 22.3 Å². The van der Waals surface area contributed by atoms with Crippen molar-refractivity contribution in [2.75, 3.05) is 11.1 Å². The van der Waals surface area contributed by atoms with Gasteiger partial charge in [-0.1, -0.05) is 36.0 Å². The van der Waals surface area contributed by atoms with E-state index in [1.807, 2.05) is 60.7 Å². The van der Waals surface area contributed by atoms with E-state index in [1.165, 1.54) is 16.4 Å². The highest BCUT2D eigenvalue weighted by Crippen LogP contribution is 2.25. The molecule has 0 spiro atoms. The van der Waals surface area contributed by atoms with Gasteiger partial charge in [0.25, 0.3) is 5.03 Å². The average molecular weight is 392 g/mol. The van der Waals surface area contributed by atoms with Gasteiger partial charge in [0, 0.05) is 35.9 Å². The van der Waals surface area contributed by atoms with Crippen molar-refractivity contribution in [3.05, 3.63) is 66.9 Å². The van der Waals surface area contributed by atoms with Gasteiger partial charge in [-0.25, -0.2) is 0 Å². The summed E-state index contributed by atoms with van der Waals surface area (Å²) < 4.78 is 6.23. The summed E-state index contributed by atoms with van der Waals surface area (Å²) in [6.45, 7) is 0. The van der Waals surface area contributed by atoms with Gasteiger partial charge in [0.15, 0.2) is 5.95 Å². The molecule has 0 saturated carbocycles. The molecule has 7 nitrogen and oxygen atoms in total. The molecule has 0 saturated heterocycles. The molecule has 0 aliphatic carbocycles. The second-order valence-corrected chi connectivity index (χ2v) is 7.02. The van der Waals surface area contributed by atoms with Crippen molar-refractivity contribution in [3.63, 3.8) is 0 Å². The molecule has 4 aromatic rings. The number of fused-ring (bicyclic) bond motifs is 1. The van der Waals surface area contributed by atoms with Gasteiger partial charge in [-0.3, -0.25) is 9.78 Å². The lowest BCUT2D eigenvalue weighted by Crippen LogP contribution is -2.34. The number of pyridine rings is 1. The van der Waals surface area contributed by atoms with Crippen LogP contribution < -0.4 is 15.1 Å². The van der Waals surface area contributed by atoms with E-state index >= 15 is 0 Å². The third-order valence-electron chi connectivity index (χ3n) is 4.06. The Labute approximate surface area is 165 Å². The Bertz CT molecular complexity index is 1110. The Hall–Kier alpha value is -3.39. The van der Waals surface area contributed by atoms with E-state index in [9.17, 15) is 9.90 Å². The number of nitrogens with one attached hydrogen (secondary N) is 1. The highest BCUT2D eigenvalue weighted by molar-refractivity contribution is 7.99. The van der Waals surface area contributed by atoms with Crippen molar-refractivity contribution in [1.82, 2.24) is 10.3 Å². The molecule has 0 aliphatic heterocycles. The summed E-state index contributed by atoms with van der Waals surface area (Å²) in [5.41, 5.74) is 2.26. The Kier molecular flexibility index (Phi) is 5.20. The topological polar surface area (TPSA) is 95.0 Å². The number of nitrogens with zero attached hydrogens (tertiary/aromatic N) is 3. The van der Waals surface area contributed by atoms with Crippen LogP contribution in [0.1, 0.15) is 6.42 Å². The normalized spacial score (nSPS) is 10.9. The molecule has 0 radical (unpaired) electrons. The summed E-state index contributed by atoms with van der Waals surface area (Å²) in [7, 11) is 0. The zero-order valence-electron chi connectivity index (χ0n) is 14.7. The second-order valence-electron chi connectivity index (χ2n) is 5.94. The number of anilines is 1. The van der Waals surface area contributed by atoms with Crippen LogP contribution in [0.4, 0.5) is 5.69 Å². The number of carbonyl (C=O) groups excluding carboxylic acids is 1. The number of hydrogen-bond acceptors (Lipinski definition) is 6. The third-order valence-corrected chi connectivity index (χ3v) is 5.08. The summed E-state index contributed by atoms with van der Waals surface area (Å²) in [5.74, 6) is -0.244. The molecule has 8 heteroatoms. The first-order chi connectivity index (χ1) is 13.7. The van der Waals surface area contributed by atoms with E-state index in [0.29, 0.717) is 10.8 Å². The summed E-state index contributed by atoms with van der Waals surface area (Å²) >= 11 is 1.24. The first-order valence-electron chi connectivity index (χ1n) is 8.63. The molecular weight excluding hydrogens is 376 g/mol. The maximum absolute atomic E-state index is 12.4. The van der Waals surface area contributed by atoms with Crippen molar-refractivity contribution < 1.29 is 19.1 Å². The monoisotopic (exact) mass is 392 g/mol. The van der Waals surface area contributed by atoms with Gasteiger partial charge in [0.1, 0.15) is 0 Å². The molecule has 0 unspecified atom stereocenters. The molecule has 28 heavy (non-hydrogen) atoms. The van der Waals surface area contributed by atoms with E-state index in [2.05, 4.69) is 15.6 Å². The average Bonchev–Trinajstić information content (AvgIpc) is 3.09. The second kappa shape index (κ2) is 8.10. The van der Waals surface area contributed by atoms with Crippen molar-refractivity contribution in [1.29, 1.82) is 0 Å². The maximum atomic E-state index is 12.4. The standard InChI is InChI=1S/C20H16N4O3S/c25-18(22-17-10-4-9-16-15(17)8-5-12-21-16)11-13-28-19-20(26)27-23-24(19)14-6-2-1-3-7-14/h1-10,12H,11,13H2,(H-,21,22,23,25,26). The Morgan fingerprint density at radius 2 is 1.96 bits per heavy atom. The van der Waals surface area contributed by atoms with Gasteiger partial charge in [-0.05, 0) is 28.9 Å². The molecule has 2 aromatic carbocycles. The number of hydrogen-bond donors (Lipinski definition) is 1. The molecule has 140 valence electrons. The minimum Gasteiger partial charge on any atom is -0.538 e. The summed E-state index contributed by atoms with van der Waals surface area (Å²) in [5, 5.41) is 19.9. The molecule has 0 aliphatic rings. The van der Waals surface area contributed by atoms with Crippen molar-refractivity contribution in [2.24, 2.45) is 0 Å². The SMILES string of the molecule is O=C(CCSc1c([O-])on[n+]1-c1ccccc1)Nc1cccc2ncccc12. The molecule has 1 N–H and O–H groups in total. The van der Waals surface area contributed by atoms with Gasteiger partial charge in [0.2, 0.25) is 11.6 Å². The predicted molar refractivity (Wildman–Crippen MR) is 103 cm³/mol. The number of benzene rings is 2. The highest BCUT2D eigenvalue weighted by atomic mass is 32.2. The largest absolute Gasteiger partial charge is 0.538 e. The summed E-state index contributed by atoms with van der Waals surface area (Å²) in [4.78, 5) is 16.6. The lowest BCUT2D eigenvalue weighted by atomic mass is 10.2. The molecule has 2 heterocycles. The molecule has 0 atom stereocenters. The van der Waals surface area contributed by atoms with E-state index in [1.54, 1.807) is 6.20 Å². The fraction of sp³-hybridized carbons (Fsp3) is 0.100. The van der Waals surface area contributed by atoms with Crippen LogP contribution in [0, 0.1) is 0 Å². The number of thioether (sulfide) groups is 1. The number of amides is 1. The molecule has 1 amide bonds. The van der Waals surface area contributed by atoms with Crippen LogP contribution in [-0.4, -0.2) is 21.9 Å². The zero-order valence-corrected chi connectivity index (χ0v) is 15.6. The van der Waals surface area contributed by atoms with Crippen LogP contribution in [0.5, 0.6) is 5.95 Å². The van der Waals surface area contributed by atoms with Crippen molar-refractivity contribution in [3.8, 4) is 11.6 Å². The van der Waals surface area contributed by atoms with Gasteiger partial charge in [-0.2, -0.15) is 0 Å². The zero-order chi connectivity index (χ0) is 19.3. The van der Waals surface area contributed by atoms with Crippen LogP contribution in [0.3, 0.4) is 0 Å². The summed E-state index contributed by atoms with van der Waals surface area (Å²) in [6, 6.07) is 18.6. The lowest BCUT2D eigenvalue weighted by molar-refractivity contribution is -0.705. The van der Waals surface area contributed by atoms with Gasteiger partial charge >= 0.3 is 0 Å². The van der Waals surface area contributed by atoms with E-state index in [4.69, 9.17) is 4.52 Å². The van der Waals surface area contributed by atoms with Gasteiger partial charge in [0.05, 0.1) is 16.5 Å². The number of carbonyl (C=O) groups is 1. The quantitative estimate of drug-likeness (QED) is 0.400. The van der Waals surface area contributed by atoms with Gasteiger partial charge < -0.3 is 14.9 Å². The minimum absolute atomic E-state index is 0.140. The van der Waals surface area contributed by atoms with E-state index in [-0.39, 0.29) is 12.3 Å². The smallest absolute Gasteiger partial charge is 0.297 e.